The Morgan fingerprint density at radius 3 is 1.24 bits per heavy atom. The highest BCUT2D eigenvalue weighted by atomic mass is 31.2. The van der Waals surface area contributed by atoms with Crippen molar-refractivity contribution in [2.24, 2.45) is 0 Å². The molecule has 0 aromatic heterocycles. The van der Waals surface area contributed by atoms with Crippen LogP contribution in [0.3, 0.4) is 0 Å². The molecule has 0 radical (unpaired) electrons. The van der Waals surface area contributed by atoms with Crippen LogP contribution >= 0.6 is 7.82 Å². The number of hydrogen-bond acceptors (Lipinski definition) is 5. The van der Waals surface area contributed by atoms with Crippen molar-refractivity contribution in [1.29, 1.82) is 0 Å². The summed E-state index contributed by atoms with van der Waals surface area (Å²) in [6, 6.07) is -0.890. The van der Waals surface area contributed by atoms with Crippen LogP contribution in [0.1, 0.15) is 194 Å². The molecule has 0 saturated heterocycles. The van der Waals surface area contributed by atoms with Crippen LogP contribution in [0.25, 0.3) is 0 Å². The predicted molar refractivity (Wildman–Crippen MR) is 322 cm³/mol. The Kier molecular flexibility index (Phi) is 51.1. The lowest BCUT2D eigenvalue weighted by Gasteiger charge is -2.25. The largest absolute Gasteiger partial charge is 0.472 e. The molecular weight excluding hydrogens is 936 g/mol. The molecule has 0 bridgehead atoms. The fourth-order valence-corrected chi connectivity index (χ4v) is 7.95. The molecule has 3 unspecified atom stereocenters. The van der Waals surface area contributed by atoms with E-state index in [9.17, 15) is 19.4 Å². The number of aliphatic hydroxyl groups is 1. The van der Waals surface area contributed by atoms with Gasteiger partial charge in [-0.1, -0.05) is 223 Å². The first-order valence-electron chi connectivity index (χ1n) is 28.9. The summed E-state index contributed by atoms with van der Waals surface area (Å²) >= 11 is 0. The molecule has 0 fully saturated rings. The van der Waals surface area contributed by atoms with Crippen LogP contribution in [0.15, 0.2) is 158 Å². The van der Waals surface area contributed by atoms with Crippen molar-refractivity contribution in [2.75, 3.05) is 40.9 Å². The molecule has 74 heavy (non-hydrogen) atoms. The monoisotopic (exact) mass is 1040 g/mol. The Morgan fingerprint density at radius 2 is 0.824 bits per heavy atom. The van der Waals surface area contributed by atoms with Crippen LogP contribution in [0.2, 0.25) is 0 Å². The summed E-state index contributed by atoms with van der Waals surface area (Å²) in [5, 5.41) is 13.9. The second-order valence-corrected chi connectivity index (χ2v) is 21.4. The topological polar surface area (TPSA) is 105 Å². The fourth-order valence-electron chi connectivity index (χ4n) is 7.22. The van der Waals surface area contributed by atoms with Crippen molar-refractivity contribution in [3.63, 3.8) is 0 Å². The van der Waals surface area contributed by atoms with E-state index in [4.69, 9.17) is 9.05 Å². The second-order valence-electron chi connectivity index (χ2n) is 19.9. The molecule has 0 heterocycles. The third-order valence-electron chi connectivity index (χ3n) is 11.7. The van der Waals surface area contributed by atoms with Crippen molar-refractivity contribution in [1.82, 2.24) is 5.32 Å². The summed E-state index contributed by atoms with van der Waals surface area (Å²) in [7, 11) is 1.51. The molecule has 0 saturated carbocycles. The molecule has 9 heteroatoms. The SMILES string of the molecule is CC/C=C\C/C=C\C/C=C\C/C=C\C/C=C\C/C=C\C/C=C\C/C=C\C/C=C\C/C=C\CCCCCCCCC(=O)NC(COP(=O)(O)OCC[N+](C)(C)C)C(O)/C=C/CC/C=C/CC/C=C/CCCCCCC. The number of nitrogens with one attached hydrogen (secondary N) is 1. The van der Waals surface area contributed by atoms with Gasteiger partial charge < -0.3 is 19.8 Å². The molecule has 0 aromatic rings. The normalized spacial score (nSPS) is 15.1. The quantitative estimate of drug-likeness (QED) is 0.0243. The first-order valence-corrected chi connectivity index (χ1v) is 30.4. The van der Waals surface area contributed by atoms with Gasteiger partial charge in [-0.25, -0.2) is 4.57 Å². The number of carbonyl (C=O) groups is 1. The van der Waals surface area contributed by atoms with E-state index in [0.717, 1.165) is 141 Å². The molecule has 0 rings (SSSR count). The number of amides is 1. The van der Waals surface area contributed by atoms with Crippen LogP contribution in [0, 0.1) is 0 Å². The van der Waals surface area contributed by atoms with Gasteiger partial charge in [-0.3, -0.25) is 13.8 Å². The van der Waals surface area contributed by atoms with Gasteiger partial charge in [-0.05, 0) is 122 Å². The molecule has 0 aliphatic heterocycles. The molecule has 418 valence electrons. The number of allylic oxidation sites excluding steroid dienone is 25. The van der Waals surface area contributed by atoms with Gasteiger partial charge in [0.2, 0.25) is 5.91 Å². The maximum atomic E-state index is 13.0. The standard InChI is InChI=1S/C65H107N2O6P/c1-6-8-10-12-14-16-18-20-22-23-24-25-26-27-28-29-30-31-32-33-34-35-36-37-38-39-40-41-42-43-45-47-49-51-53-55-57-59-65(69)66-63(62-73-74(70,71)72-61-60-67(3,4)5)64(68)58-56-54-52-50-48-46-44-21-19-17-15-13-11-9-7-2/h8,10,14,16,19-22,24-25,27-28,30-31,33-34,36-37,39-40,42-43,48,50,56,58,63-64,68H,6-7,9,11-13,15,17-18,23,26,29,32,35,38,41,44-47,49,51-55,57,59-62H2,1-5H3,(H-,66,69,70,71)/p+1/b10-8-,16-14-,21-19+,22-20-,25-24-,28-27-,31-30-,34-33-,37-36-,40-39-,43-42-,50-48+,58-56+. The van der Waals surface area contributed by atoms with Gasteiger partial charge in [-0.15, -0.1) is 0 Å². The van der Waals surface area contributed by atoms with Crippen LogP contribution in [0.5, 0.6) is 0 Å². The van der Waals surface area contributed by atoms with E-state index in [1.807, 2.05) is 27.2 Å². The van der Waals surface area contributed by atoms with Gasteiger partial charge in [0.25, 0.3) is 0 Å². The van der Waals surface area contributed by atoms with Crippen molar-refractivity contribution in [3.8, 4) is 0 Å². The van der Waals surface area contributed by atoms with Crippen molar-refractivity contribution in [2.45, 2.75) is 206 Å². The maximum Gasteiger partial charge on any atom is 0.472 e. The highest BCUT2D eigenvalue weighted by molar-refractivity contribution is 7.47. The van der Waals surface area contributed by atoms with Gasteiger partial charge in [-0.2, -0.15) is 0 Å². The molecule has 0 aliphatic carbocycles. The van der Waals surface area contributed by atoms with E-state index in [-0.39, 0.29) is 19.1 Å². The van der Waals surface area contributed by atoms with Crippen LogP contribution in [-0.2, 0) is 18.4 Å². The van der Waals surface area contributed by atoms with Gasteiger partial charge in [0.1, 0.15) is 13.2 Å². The first-order chi connectivity index (χ1) is 36.0. The Hall–Kier alpha value is -3.88. The van der Waals surface area contributed by atoms with E-state index in [2.05, 4.69) is 165 Å². The summed E-state index contributed by atoms with van der Waals surface area (Å²) in [4.78, 5) is 23.3. The van der Waals surface area contributed by atoms with Crippen molar-refractivity contribution in [3.05, 3.63) is 158 Å². The highest BCUT2D eigenvalue weighted by Gasteiger charge is 2.27. The lowest BCUT2D eigenvalue weighted by molar-refractivity contribution is -0.870. The number of unbranched alkanes of at least 4 members (excludes halogenated alkanes) is 13. The van der Waals surface area contributed by atoms with Gasteiger partial charge in [0.15, 0.2) is 0 Å². The summed E-state index contributed by atoms with van der Waals surface area (Å²) < 4.78 is 23.6. The summed E-state index contributed by atoms with van der Waals surface area (Å²) in [5.41, 5.74) is 0. The zero-order valence-corrected chi connectivity index (χ0v) is 48.4. The molecule has 0 aromatic carbocycles. The van der Waals surface area contributed by atoms with Gasteiger partial charge in [0.05, 0.1) is 39.9 Å². The minimum Gasteiger partial charge on any atom is -0.387 e. The number of hydrogen-bond donors (Lipinski definition) is 3. The van der Waals surface area contributed by atoms with E-state index < -0.39 is 20.0 Å². The molecule has 3 N–H and O–H groups in total. The minimum atomic E-state index is -4.37. The number of rotatable bonds is 50. The van der Waals surface area contributed by atoms with E-state index in [1.165, 1.54) is 32.1 Å². The van der Waals surface area contributed by atoms with E-state index >= 15 is 0 Å². The highest BCUT2D eigenvalue weighted by Crippen LogP contribution is 2.43. The number of phosphoric acid groups is 1. The minimum absolute atomic E-state index is 0.0415. The van der Waals surface area contributed by atoms with Crippen LogP contribution in [-0.4, -0.2) is 73.4 Å². The first kappa shape index (κ1) is 70.1. The Labute approximate surface area is 454 Å². The zero-order valence-electron chi connectivity index (χ0n) is 47.5. The predicted octanol–water partition coefficient (Wildman–Crippen LogP) is 17.9. The lowest BCUT2D eigenvalue weighted by atomic mass is 10.1. The Balaban J connectivity index is 4.26. The van der Waals surface area contributed by atoms with E-state index in [1.54, 1.807) is 6.08 Å². The fraction of sp³-hybridized carbons (Fsp3) is 0.585. The van der Waals surface area contributed by atoms with Crippen LogP contribution < -0.4 is 5.32 Å². The molecule has 1 amide bonds. The van der Waals surface area contributed by atoms with Gasteiger partial charge >= 0.3 is 7.82 Å². The van der Waals surface area contributed by atoms with Gasteiger partial charge in [0, 0.05) is 6.42 Å². The molecule has 0 aliphatic rings. The van der Waals surface area contributed by atoms with Crippen molar-refractivity contribution >= 4 is 13.7 Å². The average Bonchev–Trinajstić information content (AvgIpc) is 3.36. The number of phosphoric ester groups is 1. The summed E-state index contributed by atoms with van der Waals surface area (Å²) in [5.74, 6) is -0.214. The van der Waals surface area contributed by atoms with Crippen molar-refractivity contribution < 1.29 is 32.9 Å². The van der Waals surface area contributed by atoms with E-state index in [0.29, 0.717) is 17.4 Å². The number of nitrogens with zero attached hydrogens (tertiary/aromatic N) is 1. The Bertz CT molecular complexity index is 1750. The Morgan fingerprint density at radius 1 is 0.473 bits per heavy atom. The number of aliphatic hydroxyl groups excluding tert-OH is 1. The lowest BCUT2D eigenvalue weighted by Crippen LogP contribution is -2.45. The molecule has 8 nitrogen and oxygen atoms in total. The number of quaternary nitrogens is 1. The second kappa shape index (κ2) is 53.9. The number of likely N-dealkylation sites (N-methyl/N-ethyl adjacent to an activating group) is 1. The molecular formula is C65H108N2O6P+. The number of carbonyl (C=O) groups excluding carboxylic acids is 1. The average molecular weight is 1040 g/mol. The zero-order chi connectivity index (χ0) is 54.2. The van der Waals surface area contributed by atoms with Crippen LogP contribution in [0.4, 0.5) is 0 Å². The third-order valence-corrected chi connectivity index (χ3v) is 12.7. The molecule has 3 atom stereocenters. The smallest absolute Gasteiger partial charge is 0.387 e. The summed E-state index contributed by atoms with van der Waals surface area (Å²) in [6.07, 6.45) is 84.9. The third kappa shape index (κ3) is 55.9. The summed E-state index contributed by atoms with van der Waals surface area (Å²) in [6.45, 7) is 4.61. The maximum absolute atomic E-state index is 13.0. The molecule has 0 spiro atoms.